The lowest BCUT2D eigenvalue weighted by Gasteiger charge is -2.40. The molecule has 0 aliphatic carbocycles. The van der Waals surface area contributed by atoms with Crippen LogP contribution in [0.5, 0.6) is 0 Å². The third kappa shape index (κ3) is 1.19. The van der Waals surface area contributed by atoms with Gasteiger partial charge in [0, 0.05) is 0 Å². The summed E-state index contributed by atoms with van der Waals surface area (Å²) in [4.78, 5) is 0. The zero-order valence-corrected chi connectivity index (χ0v) is 8.86. The highest BCUT2D eigenvalue weighted by Crippen LogP contribution is 2.57. The quantitative estimate of drug-likeness (QED) is 0.535. The molecule has 2 rings (SSSR count). The fourth-order valence-electron chi connectivity index (χ4n) is 1.67. The van der Waals surface area contributed by atoms with E-state index in [1.807, 2.05) is 0 Å². The van der Waals surface area contributed by atoms with E-state index in [1.165, 1.54) is 6.16 Å². The Morgan fingerprint density at radius 1 is 1.17 bits per heavy atom. The molecule has 1 heteroatoms. The smallest absolute Gasteiger partial charge is 0.00216 e. The van der Waals surface area contributed by atoms with Gasteiger partial charge in [0.2, 0.25) is 0 Å². The molecule has 0 radical (unpaired) electrons. The Morgan fingerprint density at radius 2 is 1.83 bits per heavy atom. The lowest BCUT2D eigenvalue weighted by Crippen LogP contribution is -2.30. The minimum absolute atomic E-state index is 0.145. The van der Waals surface area contributed by atoms with E-state index in [2.05, 4.69) is 45.0 Å². The maximum absolute atomic E-state index is 2.36. The summed E-state index contributed by atoms with van der Waals surface area (Å²) in [7, 11) is 0.145. The molecule has 0 fully saturated rings. The van der Waals surface area contributed by atoms with E-state index in [4.69, 9.17) is 0 Å². The number of fused-ring (bicyclic) bond motifs is 1. The van der Waals surface area contributed by atoms with Crippen molar-refractivity contribution in [2.45, 2.75) is 32.1 Å². The summed E-state index contributed by atoms with van der Waals surface area (Å²) in [6.07, 6.45) is 1.34. The van der Waals surface area contributed by atoms with Crippen molar-refractivity contribution in [3.63, 3.8) is 0 Å². The van der Waals surface area contributed by atoms with Crippen LogP contribution in [-0.2, 0) is 6.16 Å². The van der Waals surface area contributed by atoms with E-state index >= 15 is 0 Å². The van der Waals surface area contributed by atoms with Crippen molar-refractivity contribution in [3.8, 4) is 0 Å². The highest BCUT2D eigenvalue weighted by Gasteiger charge is 2.34. The normalized spacial score (nSPS) is 21.4. The summed E-state index contributed by atoms with van der Waals surface area (Å²) in [5.41, 5.74) is 1.58. The monoisotopic (exact) mass is 178 g/mol. The molecule has 1 aliphatic heterocycles. The average molecular weight is 178 g/mol. The second-order valence-electron chi connectivity index (χ2n) is 4.39. The van der Waals surface area contributed by atoms with Crippen molar-refractivity contribution in [3.05, 3.63) is 29.8 Å². The van der Waals surface area contributed by atoms with Crippen molar-refractivity contribution in [1.29, 1.82) is 0 Å². The van der Waals surface area contributed by atoms with Gasteiger partial charge in [0.1, 0.15) is 0 Å². The zero-order chi connectivity index (χ0) is 8.77. The molecule has 0 aromatic heterocycles. The van der Waals surface area contributed by atoms with Crippen LogP contribution in [-0.4, -0.2) is 5.16 Å². The molecule has 1 aliphatic rings. The first-order chi connectivity index (χ1) is 5.59. The van der Waals surface area contributed by atoms with Gasteiger partial charge >= 0.3 is 0 Å². The molecule has 1 unspecified atom stereocenters. The summed E-state index contributed by atoms with van der Waals surface area (Å²) in [5, 5.41) is 2.14. The van der Waals surface area contributed by atoms with Crippen molar-refractivity contribution in [2.24, 2.45) is 0 Å². The van der Waals surface area contributed by atoms with E-state index in [1.54, 1.807) is 10.9 Å². The van der Waals surface area contributed by atoms with Gasteiger partial charge < -0.3 is 0 Å². The zero-order valence-electron chi connectivity index (χ0n) is 7.96. The fraction of sp³-hybridized carbons (Fsp3) is 0.455. The lowest BCUT2D eigenvalue weighted by atomic mass is 10.2. The van der Waals surface area contributed by atoms with Crippen LogP contribution in [0.4, 0.5) is 0 Å². The van der Waals surface area contributed by atoms with Gasteiger partial charge in [0.15, 0.2) is 0 Å². The Labute approximate surface area is 75.7 Å². The van der Waals surface area contributed by atoms with Gasteiger partial charge in [-0.3, -0.25) is 0 Å². The SMILES string of the molecule is CC(C)(C)P1Cc2ccccc21. The van der Waals surface area contributed by atoms with Crippen molar-refractivity contribution in [1.82, 2.24) is 0 Å². The largest absolute Gasteiger partial charge is 0.0650 e. The molecular formula is C11H15P. The summed E-state index contributed by atoms with van der Waals surface area (Å²) in [6, 6.07) is 8.88. The Bertz CT molecular complexity index is 296. The molecule has 0 saturated carbocycles. The highest BCUT2D eigenvalue weighted by molar-refractivity contribution is 7.68. The summed E-state index contributed by atoms with van der Waals surface area (Å²) in [6.45, 7) is 7.07. The van der Waals surface area contributed by atoms with Crippen LogP contribution >= 0.6 is 7.92 Å². The molecule has 1 aromatic rings. The van der Waals surface area contributed by atoms with E-state index in [0.29, 0.717) is 5.16 Å². The minimum Gasteiger partial charge on any atom is -0.0650 e. The van der Waals surface area contributed by atoms with Gasteiger partial charge in [0.05, 0.1) is 0 Å². The first-order valence-corrected chi connectivity index (χ1v) is 5.97. The van der Waals surface area contributed by atoms with Gasteiger partial charge in [-0.2, -0.15) is 0 Å². The third-order valence-corrected chi connectivity index (χ3v) is 5.71. The fourth-order valence-corrected chi connectivity index (χ4v) is 4.15. The second-order valence-corrected chi connectivity index (χ2v) is 7.38. The molecule has 0 nitrogen and oxygen atoms in total. The van der Waals surface area contributed by atoms with Gasteiger partial charge in [-0.15, -0.1) is 0 Å². The van der Waals surface area contributed by atoms with Crippen molar-refractivity contribution in [2.75, 3.05) is 0 Å². The van der Waals surface area contributed by atoms with E-state index < -0.39 is 0 Å². The standard InChI is InChI=1S/C11H15P/c1-11(2,3)12-8-9-6-4-5-7-10(9)12/h4-7H,8H2,1-3H3. The van der Waals surface area contributed by atoms with Crippen LogP contribution in [0.1, 0.15) is 26.3 Å². The summed E-state index contributed by atoms with van der Waals surface area (Å²) < 4.78 is 0. The Kier molecular flexibility index (Phi) is 1.77. The molecule has 1 aromatic carbocycles. The van der Waals surface area contributed by atoms with Crippen molar-refractivity contribution < 1.29 is 0 Å². The number of benzene rings is 1. The molecule has 0 bridgehead atoms. The van der Waals surface area contributed by atoms with Crippen LogP contribution in [0.3, 0.4) is 0 Å². The Hall–Kier alpha value is -0.350. The van der Waals surface area contributed by atoms with E-state index in [-0.39, 0.29) is 7.92 Å². The average Bonchev–Trinajstić information content (AvgIpc) is 1.88. The highest BCUT2D eigenvalue weighted by atomic mass is 31.1. The maximum atomic E-state index is 2.36. The minimum atomic E-state index is 0.145. The van der Waals surface area contributed by atoms with E-state index in [9.17, 15) is 0 Å². The number of hydrogen-bond acceptors (Lipinski definition) is 0. The molecule has 12 heavy (non-hydrogen) atoms. The van der Waals surface area contributed by atoms with Crippen LogP contribution in [0.25, 0.3) is 0 Å². The van der Waals surface area contributed by atoms with Crippen LogP contribution in [0.2, 0.25) is 0 Å². The van der Waals surface area contributed by atoms with Crippen molar-refractivity contribution >= 4 is 13.2 Å². The van der Waals surface area contributed by atoms with Gasteiger partial charge in [-0.05, 0) is 22.2 Å². The second kappa shape index (κ2) is 2.57. The first-order valence-electron chi connectivity index (χ1n) is 4.44. The maximum Gasteiger partial charge on any atom is -0.00216 e. The van der Waals surface area contributed by atoms with Crippen LogP contribution in [0, 0.1) is 0 Å². The number of hydrogen-bond donors (Lipinski definition) is 0. The third-order valence-electron chi connectivity index (χ3n) is 2.42. The predicted octanol–water partition coefficient (Wildman–Crippen LogP) is 3.11. The topological polar surface area (TPSA) is 0 Å². The molecule has 1 atom stereocenters. The molecule has 64 valence electrons. The Balaban J connectivity index is 2.31. The first kappa shape index (κ1) is 8.26. The molecule has 1 heterocycles. The summed E-state index contributed by atoms with van der Waals surface area (Å²) >= 11 is 0. The van der Waals surface area contributed by atoms with Gasteiger partial charge in [0.25, 0.3) is 0 Å². The number of rotatable bonds is 0. The molecular weight excluding hydrogens is 163 g/mol. The molecule has 0 N–H and O–H groups in total. The van der Waals surface area contributed by atoms with Gasteiger partial charge in [-0.25, -0.2) is 0 Å². The molecule has 0 spiro atoms. The lowest BCUT2D eigenvalue weighted by molar-refractivity contribution is 0.781. The summed E-state index contributed by atoms with van der Waals surface area (Å²) in [5.74, 6) is 0. The predicted molar refractivity (Wildman–Crippen MR) is 56.5 cm³/mol. The van der Waals surface area contributed by atoms with Gasteiger partial charge in [-0.1, -0.05) is 53.0 Å². The Morgan fingerprint density at radius 3 is 2.42 bits per heavy atom. The van der Waals surface area contributed by atoms with Crippen LogP contribution < -0.4 is 5.30 Å². The van der Waals surface area contributed by atoms with Crippen LogP contribution in [0.15, 0.2) is 24.3 Å². The molecule has 0 amide bonds. The molecule has 0 saturated heterocycles. The van der Waals surface area contributed by atoms with E-state index in [0.717, 1.165) is 0 Å².